The number of ether oxygens (including phenoxy) is 3. The molecule has 0 unspecified atom stereocenters. The number of hydrogen-bond acceptors (Lipinski definition) is 4. The SMILES string of the molecule is CCOC(=O)CCc1cc(OC)c(C)c(C)c1OC. The van der Waals surface area contributed by atoms with Crippen molar-refractivity contribution in [2.75, 3.05) is 20.8 Å². The van der Waals surface area contributed by atoms with Crippen LogP contribution >= 0.6 is 0 Å². The molecule has 0 saturated heterocycles. The first-order chi connectivity index (χ1) is 9.04. The lowest BCUT2D eigenvalue weighted by Gasteiger charge is -2.16. The maximum Gasteiger partial charge on any atom is 0.306 e. The van der Waals surface area contributed by atoms with Crippen molar-refractivity contribution < 1.29 is 19.0 Å². The lowest BCUT2D eigenvalue weighted by atomic mass is 10.00. The Hall–Kier alpha value is -1.71. The molecule has 0 amide bonds. The largest absolute Gasteiger partial charge is 0.496 e. The molecule has 0 N–H and O–H groups in total. The Morgan fingerprint density at radius 3 is 2.37 bits per heavy atom. The molecule has 0 aliphatic heterocycles. The summed E-state index contributed by atoms with van der Waals surface area (Å²) < 4.78 is 15.7. The lowest BCUT2D eigenvalue weighted by Crippen LogP contribution is -2.07. The average Bonchev–Trinajstić information content (AvgIpc) is 2.40. The standard InChI is InChI=1S/C15H22O4/c1-6-19-14(16)8-7-12-9-13(17-4)10(2)11(3)15(12)18-5/h9H,6-8H2,1-5H3. The van der Waals surface area contributed by atoms with Crippen LogP contribution in [0.15, 0.2) is 6.07 Å². The Bertz CT molecular complexity index is 452. The Labute approximate surface area is 114 Å². The van der Waals surface area contributed by atoms with Crippen molar-refractivity contribution in [3.05, 3.63) is 22.8 Å². The van der Waals surface area contributed by atoms with Crippen LogP contribution in [0.1, 0.15) is 30.0 Å². The van der Waals surface area contributed by atoms with Gasteiger partial charge in [0, 0.05) is 6.42 Å². The van der Waals surface area contributed by atoms with Gasteiger partial charge in [0.15, 0.2) is 0 Å². The highest BCUT2D eigenvalue weighted by Gasteiger charge is 2.15. The minimum absolute atomic E-state index is 0.193. The normalized spacial score (nSPS) is 10.2. The van der Waals surface area contributed by atoms with E-state index in [2.05, 4.69) is 0 Å². The van der Waals surface area contributed by atoms with Crippen LogP contribution in [0.3, 0.4) is 0 Å². The zero-order valence-corrected chi connectivity index (χ0v) is 12.3. The number of hydrogen-bond donors (Lipinski definition) is 0. The van der Waals surface area contributed by atoms with Crippen LogP contribution in [0.25, 0.3) is 0 Å². The molecular weight excluding hydrogens is 244 g/mol. The molecule has 0 saturated carbocycles. The van der Waals surface area contributed by atoms with Crippen molar-refractivity contribution in [1.29, 1.82) is 0 Å². The van der Waals surface area contributed by atoms with Crippen molar-refractivity contribution in [3.8, 4) is 11.5 Å². The van der Waals surface area contributed by atoms with Gasteiger partial charge < -0.3 is 14.2 Å². The van der Waals surface area contributed by atoms with E-state index in [0.717, 1.165) is 28.2 Å². The molecule has 0 spiro atoms. The summed E-state index contributed by atoms with van der Waals surface area (Å²) in [7, 11) is 3.28. The molecule has 4 heteroatoms. The minimum atomic E-state index is -0.193. The molecule has 1 rings (SSSR count). The molecular formula is C15H22O4. The molecule has 0 radical (unpaired) electrons. The second-order valence-corrected chi connectivity index (χ2v) is 4.33. The van der Waals surface area contributed by atoms with E-state index in [-0.39, 0.29) is 5.97 Å². The summed E-state index contributed by atoms with van der Waals surface area (Å²) in [4.78, 5) is 11.4. The molecule has 0 heterocycles. The first kappa shape index (κ1) is 15.3. The topological polar surface area (TPSA) is 44.8 Å². The summed E-state index contributed by atoms with van der Waals surface area (Å²) in [5.74, 6) is 1.45. The summed E-state index contributed by atoms with van der Waals surface area (Å²) in [6.07, 6.45) is 0.926. The monoisotopic (exact) mass is 266 g/mol. The lowest BCUT2D eigenvalue weighted by molar-refractivity contribution is -0.143. The van der Waals surface area contributed by atoms with Gasteiger partial charge in [0.05, 0.1) is 20.8 Å². The summed E-state index contributed by atoms with van der Waals surface area (Å²) in [6, 6.07) is 1.93. The minimum Gasteiger partial charge on any atom is -0.496 e. The fourth-order valence-electron chi connectivity index (χ4n) is 2.08. The zero-order valence-electron chi connectivity index (χ0n) is 12.3. The molecule has 1 aromatic rings. The predicted octanol–water partition coefficient (Wildman–Crippen LogP) is 2.82. The Kier molecular flexibility index (Phi) is 5.67. The van der Waals surface area contributed by atoms with E-state index in [0.29, 0.717) is 19.4 Å². The van der Waals surface area contributed by atoms with Gasteiger partial charge in [-0.15, -0.1) is 0 Å². The molecule has 0 fully saturated rings. The van der Waals surface area contributed by atoms with Crippen LogP contribution < -0.4 is 9.47 Å². The molecule has 106 valence electrons. The van der Waals surface area contributed by atoms with Gasteiger partial charge in [-0.1, -0.05) is 0 Å². The van der Waals surface area contributed by atoms with Crippen molar-refractivity contribution >= 4 is 5.97 Å². The van der Waals surface area contributed by atoms with Crippen LogP contribution in [-0.4, -0.2) is 26.8 Å². The van der Waals surface area contributed by atoms with E-state index >= 15 is 0 Å². The van der Waals surface area contributed by atoms with Crippen molar-refractivity contribution in [2.24, 2.45) is 0 Å². The first-order valence-corrected chi connectivity index (χ1v) is 6.41. The van der Waals surface area contributed by atoms with Gasteiger partial charge in [-0.3, -0.25) is 4.79 Å². The highest BCUT2D eigenvalue weighted by atomic mass is 16.5. The number of methoxy groups -OCH3 is 2. The van der Waals surface area contributed by atoms with Gasteiger partial charge in [0.1, 0.15) is 11.5 Å². The fraction of sp³-hybridized carbons (Fsp3) is 0.533. The van der Waals surface area contributed by atoms with Gasteiger partial charge in [-0.25, -0.2) is 0 Å². The maximum atomic E-state index is 11.4. The summed E-state index contributed by atoms with van der Waals surface area (Å²) in [6.45, 7) is 6.19. The van der Waals surface area contributed by atoms with Gasteiger partial charge in [-0.2, -0.15) is 0 Å². The molecule has 0 aliphatic rings. The van der Waals surface area contributed by atoms with Crippen LogP contribution in [0, 0.1) is 13.8 Å². The predicted molar refractivity (Wildman–Crippen MR) is 74.0 cm³/mol. The number of aryl methyl sites for hydroxylation is 1. The second kappa shape index (κ2) is 7.02. The highest BCUT2D eigenvalue weighted by molar-refractivity contribution is 5.70. The summed E-state index contributed by atoms with van der Waals surface area (Å²) in [5.41, 5.74) is 3.07. The Balaban J connectivity index is 2.99. The van der Waals surface area contributed by atoms with Gasteiger partial charge >= 0.3 is 5.97 Å². The third-order valence-corrected chi connectivity index (χ3v) is 3.20. The molecule has 1 aromatic carbocycles. The van der Waals surface area contributed by atoms with Gasteiger partial charge in [0.25, 0.3) is 0 Å². The number of carbonyl (C=O) groups excluding carboxylic acids is 1. The first-order valence-electron chi connectivity index (χ1n) is 6.41. The molecule has 19 heavy (non-hydrogen) atoms. The quantitative estimate of drug-likeness (QED) is 0.743. The van der Waals surface area contributed by atoms with Crippen molar-refractivity contribution in [3.63, 3.8) is 0 Å². The maximum absolute atomic E-state index is 11.4. The van der Waals surface area contributed by atoms with Gasteiger partial charge in [0.2, 0.25) is 0 Å². The smallest absolute Gasteiger partial charge is 0.306 e. The molecule has 0 aromatic heterocycles. The highest BCUT2D eigenvalue weighted by Crippen LogP contribution is 2.33. The van der Waals surface area contributed by atoms with E-state index in [1.807, 2.05) is 19.9 Å². The van der Waals surface area contributed by atoms with E-state index in [9.17, 15) is 4.79 Å². The van der Waals surface area contributed by atoms with E-state index in [1.165, 1.54) is 0 Å². The Morgan fingerprint density at radius 1 is 1.16 bits per heavy atom. The number of rotatable bonds is 6. The van der Waals surface area contributed by atoms with E-state index in [4.69, 9.17) is 14.2 Å². The molecule has 0 bridgehead atoms. The van der Waals surface area contributed by atoms with Crippen LogP contribution in [0.4, 0.5) is 0 Å². The number of benzene rings is 1. The number of carbonyl (C=O) groups is 1. The zero-order chi connectivity index (χ0) is 14.4. The fourth-order valence-corrected chi connectivity index (χ4v) is 2.08. The number of esters is 1. The molecule has 0 aliphatic carbocycles. The second-order valence-electron chi connectivity index (χ2n) is 4.33. The third-order valence-electron chi connectivity index (χ3n) is 3.20. The van der Waals surface area contributed by atoms with Gasteiger partial charge in [-0.05, 0) is 49.9 Å². The van der Waals surface area contributed by atoms with Crippen LogP contribution in [0.5, 0.6) is 11.5 Å². The van der Waals surface area contributed by atoms with Crippen LogP contribution in [0.2, 0.25) is 0 Å². The molecule has 4 nitrogen and oxygen atoms in total. The Morgan fingerprint density at radius 2 is 1.84 bits per heavy atom. The average molecular weight is 266 g/mol. The van der Waals surface area contributed by atoms with E-state index < -0.39 is 0 Å². The van der Waals surface area contributed by atoms with Crippen LogP contribution in [-0.2, 0) is 16.0 Å². The third kappa shape index (κ3) is 3.63. The van der Waals surface area contributed by atoms with E-state index in [1.54, 1.807) is 21.1 Å². The van der Waals surface area contributed by atoms with Crippen molar-refractivity contribution in [2.45, 2.75) is 33.6 Å². The summed E-state index contributed by atoms with van der Waals surface area (Å²) >= 11 is 0. The molecule has 0 atom stereocenters. The van der Waals surface area contributed by atoms with Crippen molar-refractivity contribution in [1.82, 2.24) is 0 Å². The summed E-state index contributed by atoms with van der Waals surface area (Å²) in [5, 5.41) is 0.